The van der Waals surface area contributed by atoms with Crippen LogP contribution in [0.3, 0.4) is 0 Å². The van der Waals surface area contributed by atoms with Crippen LogP contribution in [0, 0.1) is 5.92 Å². The number of aliphatic hydroxyl groups excluding tert-OH is 1. The molecule has 1 saturated carbocycles. The molecule has 90 valence electrons. The summed E-state index contributed by atoms with van der Waals surface area (Å²) in [5.41, 5.74) is 5.83. The van der Waals surface area contributed by atoms with Crippen molar-refractivity contribution in [2.24, 2.45) is 11.7 Å². The lowest BCUT2D eigenvalue weighted by Crippen LogP contribution is -2.56. The molecule has 4 nitrogen and oxygen atoms in total. The largest absolute Gasteiger partial charge is 0.396 e. The van der Waals surface area contributed by atoms with Gasteiger partial charge in [0.15, 0.2) is 0 Å². The Morgan fingerprint density at radius 1 is 1.47 bits per heavy atom. The molecule has 0 bridgehead atoms. The first-order valence-electron chi connectivity index (χ1n) is 5.84. The van der Waals surface area contributed by atoms with E-state index in [9.17, 15) is 0 Å². The van der Waals surface area contributed by atoms with Crippen molar-refractivity contribution in [1.29, 1.82) is 0 Å². The summed E-state index contributed by atoms with van der Waals surface area (Å²) in [6.07, 6.45) is 4.36. The van der Waals surface area contributed by atoms with Crippen molar-refractivity contribution in [2.75, 3.05) is 33.4 Å². The first-order valence-corrected chi connectivity index (χ1v) is 5.84. The number of hydrogen-bond acceptors (Lipinski definition) is 4. The highest BCUT2D eigenvalue weighted by Crippen LogP contribution is 2.39. The van der Waals surface area contributed by atoms with Crippen molar-refractivity contribution in [3.05, 3.63) is 0 Å². The summed E-state index contributed by atoms with van der Waals surface area (Å²) >= 11 is 0. The molecule has 0 aromatic rings. The summed E-state index contributed by atoms with van der Waals surface area (Å²) in [6.45, 7) is 2.50. The monoisotopic (exact) mass is 216 g/mol. The molecular formula is C11H24N2O2. The van der Waals surface area contributed by atoms with E-state index >= 15 is 0 Å². The topological polar surface area (TPSA) is 67.5 Å². The van der Waals surface area contributed by atoms with Crippen molar-refractivity contribution in [2.45, 2.75) is 31.2 Å². The van der Waals surface area contributed by atoms with E-state index in [1.807, 2.05) is 0 Å². The van der Waals surface area contributed by atoms with Crippen molar-refractivity contribution < 1.29 is 9.84 Å². The maximum Gasteiger partial charge on any atom is 0.0659 e. The average Bonchev–Trinajstić information content (AvgIpc) is 3.07. The van der Waals surface area contributed by atoms with Crippen LogP contribution in [-0.2, 0) is 4.74 Å². The fourth-order valence-electron chi connectivity index (χ4n) is 2.08. The Morgan fingerprint density at radius 3 is 2.67 bits per heavy atom. The highest BCUT2D eigenvalue weighted by atomic mass is 16.5. The lowest BCUT2D eigenvalue weighted by Gasteiger charge is -2.33. The lowest BCUT2D eigenvalue weighted by molar-refractivity contribution is 0.0981. The summed E-state index contributed by atoms with van der Waals surface area (Å²) in [4.78, 5) is 0. The Balaban J connectivity index is 2.33. The first-order chi connectivity index (χ1) is 7.29. The van der Waals surface area contributed by atoms with Gasteiger partial charge in [-0.1, -0.05) is 0 Å². The van der Waals surface area contributed by atoms with Gasteiger partial charge in [0.05, 0.1) is 12.1 Å². The van der Waals surface area contributed by atoms with E-state index in [4.69, 9.17) is 15.6 Å². The third kappa shape index (κ3) is 3.72. The van der Waals surface area contributed by atoms with Gasteiger partial charge in [0.2, 0.25) is 0 Å². The molecule has 1 atom stereocenters. The van der Waals surface area contributed by atoms with E-state index in [-0.39, 0.29) is 12.1 Å². The number of nitrogens with one attached hydrogen (secondary N) is 1. The van der Waals surface area contributed by atoms with Crippen LogP contribution in [0.4, 0.5) is 0 Å². The molecule has 0 radical (unpaired) electrons. The average molecular weight is 216 g/mol. The Kier molecular flexibility index (Phi) is 5.53. The van der Waals surface area contributed by atoms with E-state index in [0.717, 1.165) is 19.4 Å². The molecular weight excluding hydrogens is 192 g/mol. The lowest BCUT2D eigenvalue weighted by atomic mass is 9.94. The van der Waals surface area contributed by atoms with Gasteiger partial charge in [-0.3, -0.25) is 0 Å². The second-order valence-electron chi connectivity index (χ2n) is 4.43. The smallest absolute Gasteiger partial charge is 0.0659 e. The minimum atomic E-state index is -0.0236. The highest BCUT2D eigenvalue weighted by Gasteiger charge is 2.43. The fraction of sp³-hybridized carbons (Fsp3) is 1.00. The fourth-order valence-corrected chi connectivity index (χ4v) is 2.08. The molecule has 1 aliphatic carbocycles. The van der Waals surface area contributed by atoms with Gasteiger partial charge >= 0.3 is 0 Å². The number of aliphatic hydroxyl groups is 1. The second-order valence-corrected chi connectivity index (χ2v) is 4.43. The maximum absolute atomic E-state index is 8.70. The Bertz CT molecular complexity index is 174. The van der Waals surface area contributed by atoms with Gasteiger partial charge in [0.1, 0.15) is 0 Å². The number of ether oxygens (including phenoxy) is 1. The van der Waals surface area contributed by atoms with Crippen LogP contribution in [0.25, 0.3) is 0 Å². The molecule has 0 heterocycles. The molecule has 4 N–H and O–H groups in total. The van der Waals surface area contributed by atoms with E-state index in [0.29, 0.717) is 19.1 Å². The normalized spacial score (nSPS) is 20.2. The number of unbranched alkanes of at least 4 members (excludes halogenated alkanes) is 1. The van der Waals surface area contributed by atoms with E-state index in [1.165, 1.54) is 12.8 Å². The van der Waals surface area contributed by atoms with Gasteiger partial charge in [-0.15, -0.1) is 0 Å². The number of nitrogens with two attached hydrogens (primary N) is 1. The van der Waals surface area contributed by atoms with Crippen LogP contribution in [0.2, 0.25) is 0 Å². The molecule has 1 aliphatic rings. The van der Waals surface area contributed by atoms with Crippen molar-refractivity contribution >= 4 is 0 Å². The van der Waals surface area contributed by atoms with E-state index < -0.39 is 0 Å². The third-order valence-electron chi connectivity index (χ3n) is 3.19. The van der Waals surface area contributed by atoms with Crippen LogP contribution in [-0.4, -0.2) is 44.1 Å². The minimum Gasteiger partial charge on any atom is -0.396 e. The SMILES string of the molecule is COCC(CN)(NCCCCO)C1CC1. The Morgan fingerprint density at radius 2 is 2.20 bits per heavy atom. The van der Waals surface area contributed by atoms with Gasteiger partial charge in [-0.05, 0) is 38.1 Å². The van der Waals surface area contributed by atoms with Gasteiger partial charge in [0, 0.05) is 20.3 Å². The van der Waals surface area contributed by atoms with Gasteiger partial charge in [-0.25, -0.2) is 0 Å². The molecule has 0 saturated heterocycles. The van der Waals surface area contributed by atoms with Crippen molar-refractivity contribution in [3.8, 4) is 0 Å². The second kappa shape index (κ2) is 6.43. The molecule has 0 aromatic carbocycles. The predicted molar refractivity (Wildman–Crippen MR) is 60.7 cm³/mol. The van der Waals surface area contributed by atoms with Crippen molar-refractivity contribution in [1.82, 2.24) is 5.32 Å². The highest BCUT2D eigenvalue weighted by molar-refractivity contribution is 5.01. The standard InChI is InChI=1S/C11H24N2O2/c1-15-9-11(8-12,10-4-5-10)13-6-2-3-7-14/h10,13-14H,2-9,12H2,1H3. The van der Waals surface area contributed by atoms with Gasteiger partial charge in [0.25, 0.3) is 0 Å². The zero-order chi connectivity index (χ0) is 11.1. The van der Waals surface area contributed by atoms with E-state index in [2.05, 4.69) is 5.32 Å². The molecule has 0 amide bonds. The molecule has 1 unspecified atom stereocenters. The molecule has 0 aliphatic heterocycles. The molecule has 0 spiro atoms. The third-order valence-corrected chi connectivity index (χ3v) is 3.19. The molecule has 15 heavy (non-hydrogen) atoms. The predicted octanol–water partition coefficient (Wildman–Crippen LogP) is 0.102. The number of hydrogen-bond donors (Lipinski definition) is 3. The minimum absolute atomic E-state index is 0.0236. The summed E-state index contributed by atoms with van der Waals surface area (Å²) in [7, 11) is 1.72. The summed E-state index contributed by atoms with van der Waals surface area (Å²) < 4.78 is 5.26. The molecule has 4 heteroatoms. The number of methoxy groups -OCH3 is 1. The van der Waals surface area contributed by atoms with Gasteiger partial charge in [-0.2, -0.15) is 0 Å². The quantitative estimate of drug-likeness (QED) is 0.478. The summed E-state index contributed by atoms with van der Waals surface area (Å²) in [6, 6.07) is 0. The molecule has 0 aromatic heterocycles. The maximum atomic E-state index is 8.70. The van der Waals surface area contributed by atoms with Crippen LogP contribution in [0.1, 0.15) is 25.7 Å². The Hall–Kier alpha value is -0.160. The number of rotatable bonds is 9. The van der Waals surface area contributed by atoms with E-state index in [1.54, 1.807) is 7.11 Å². The van der Waals surface area contributed by atoms with Crippen LogP contribution in [0.5, 0.6) is 0 Å². The molecule has 1 fully saturated rings. The zero-order valence-corrected chi connectivity index (χ0v) is 9.67. The molecule has 1 rings (SSSR count). The summed E-state index contributed by atoms with van der Waals surface area (Å²) in [5.74, 6) is 0.677. The van der Waals surface area contributed by atoms with Gasteiger partial charge < -0.3 is 20.9 Å². The van der Waals surface area contributed by atoms with Crippen LogP contribution >= 0.6 is 0 Å². The van der Waals surface area contributed by atoms with Crippen molar-refractivity contribution in [3.63, 3.8) is 0 Å². The van der Waals surface area contributed by atoms with Crippen LogP contribution in [0.15, 0.2) is 0 Å². The van der Waals surface area contributed by atoms with Crippen LogP contribution < -0.4 is 11.1 Å². The Labute approximate surface area is 92.2 Å². The summed E-state index contributed by atoms with van der Waals surface area (Å²) in [5, 5.41) is 12.2. The first kappa shape index (κ1) is 12.9. The zero-order valence-electron chi connectivity index (χ0n) is 9.67.